The first-order valence-electron chi connectivity index (χ1n) is 9.60. The van der Waals surface area contributed by atoms with Gasteiger partial charge in [0.05, 0.1) is 23.2 Å². The van der Waals surface area contributed by atoms with E-state index in [1.54, 1.807) is 6.07 Å². The molecule has 0 aliphatic heterocycles. The first kappa shape index (κ1) is 17.6. The topological polar surface area (TPSA) is 123 Å². The Balaban J connectivity index is 1.55. The molecule has 148 valence electrons. The molecule has 0 radical (unpaired) electrons. The third-order valence-electron chi connectivity index (χ3n) is 6.62. The largest absolute Gasteiger partial charge is 0.390 e. The van der Waals surface area contributed by atoms with Gasteiger partial charge in [-0.3, -0.25) is 0 Å². The Labute approximate surface area is 160 Å². The highest BCUT2D eigenvalue weighted by Gasteiger charge is 2.49. The highest BCUT2D eigenvalue weighted by Crippen LogP contribution is 2.52. The molecular weight excluding hydrogens is 365 g/mol. The Morgan fingerprint density at radius 3 is 2.54 bits per heavy atom. The fraction of sp³-hybridized carbons (Fsp3) is 0.526. The number of aromatic nitrogens is 4. The molecule has 2 heterocycles. The Morgan fingerprint density at radius 2 is 1.89 bits per heavy atom. The molecular formula is C19H22FN5O3. The molecule has 2 saturated carbocycles. The third kappa shape index (κ3) is 2.53. The van der Waals surface area contributed by atoms with Crippen molar-refractivity contribution < 1.29 is 19.2 Å². The van der Waals surface area contributed by atoms with E-state index in [2.05, 4.69) is 15.3 Å². The van der Waals surface area contributed by atoms with Crippen LogP contribution in [0.2, 0.25) is 0 Å². The SMILES string of the molecule is Nc1nonc1-c1nc2cc(F)ccc2n1C1CCC2(CC1)CC[C@@H](O)[C@H]2O. The summed E-state index contributed by atoms with van der Waals surface area (Å²) in [6.07, 6.45) is 3.42. The second-order valence-corrected chi connectivity index (χ2v) is 8.08. The molecule has 2 aliphatic carbocycles. The highest BCUT2D eigenvalue weighted by molar-refractivity contribution is 5.81. The van der Waals surface area contributed by atoms with Crippen molar-refractivity contribution in [2.24, 2.45) is 5.41 Å². The lowest BCUT2D eigenvalue weighted by Crippen LogP contribution is -2.39. The zero-order chi connectivity index (χ0) is 19.5. The molecule has 9 heteroatoms. The molecule has 5 rings (SSSR count). The van der Waals surface area contributed by atoms with E-state index in [1.807, 2.05) is 4.57 Å². The van der Waals surface area contributed by atoms with Crippen LogP contribution in [-0.4, -0.2) is 42.3 Å². The van der Waals surface area contributed by atoms with Gasteiger partial charge in [-0.05, 0) is 66.4 Å². The summed E-state index contributed by atoms with van der Waals surface area (Å²) in [5, 5.41) is 28.0. The summed E-state index contributed by atoms with van der Waals surface area (Å²) in [7, 11) is 0. The van der Waals surface area contributed by atoms with Crippen molar-refractivity contribution in [3.63, 3.8) is 0 Å². The van der Waals surface area contributed by atoms with Gasteiger partial charge in [0.2, 0.25) is 0 Å². The van der Waals surface area contributed by atoms with Crippen molar-refractivity contribution in [3.05, 3.63) is 24.0 Å². The zero-order valence-electron chi connectivity index (χ0n) is 15.3. The second kappa shape index (κ2) is 6.25. The van der Waals surface area contributed by atoms with Crippen molar-refractivity contribution in [1.29, 1.82) is 0 Å². The van der Waals surface area contributed by atoms with Crippen LogP contribution < -0.4 is 5.73 Å². The number of nitrogens with two attached hydrogens (primary N) is 1. The maximum atomic E-state index is 13.7. The average molecular weight is 387 g/mol. The van der Waals surface area contributed by atoms with Crippen LogP contribution >= 0.6 is 0 Å². The Hall–Kier alpha value is -2.52. The predicted molar refractivity (Wildman–Crippen MR) is 98.6 cm³/mol. The van der Waals surface area contributed by atoms with Gasteiger partial charge in [-0.15, -0.1) is 0 Å². The third-order valence-corrected chi connectivity index (χ3v) is 6.62. The number of rotatable bonds is 2. The number of benzene rings is 1. The molecule has 2 aliphatic rings. The van der Waals surface area contributed by atoms with Gasteiger partial charge in [0.15, 0.2) is 17.3 Å². The number of hydrogen-bond donors (Lipinski definition) is 3. The molecule has 1 aromatic carbocycles. The van der Waals surface area contributed by atoms with E-state index in [1.165, 1.54) is 12.1 Å². The van der Waals surface area contributed by atoms with Gasteiger partial charge >= 0.3 is 0 Å². The maximum Gasteiger partial charge on any atom is 0.199 e. The van der Waals surface area contributed by atoms with E-state index >= 15 is 0 Å². The number of anilines is 1. The first-order valence-corrected chi connectivity index (χ1v) is 9.60. The Morgan fingerprint density at radius 1 is 1.14 bits per heavy atom. The summed E-state index contributed by atoms with van der Waals surface area (Å²) in [6.45, 7) is 0. The van der Waals surface area contributed by atoms with E-state index in [9.17, 15) is 14.6 Å². The van der Waals surface area contributed by atoms with E-state index < -0.39 is 12.2 Å². The summed E-state index contributed by atoms with van der Waals surface area (Å²) in [4.78, 5) is 4.56. The molecule has 1 spiro atoms. The number of nitrogen functional groups attached to an aromatic ring is 1. The van der Waals surface area contributed by atoms with Crippen LogP contribution in [-0.2, 0) is 0 Å². The monoisotopic (exact) mass is 387 g/mol. The number of halogens is 1. The van der Waals surface area contributed by atoms with Gasteiger partial charge < -0.3 is 20.5 Å². The molecule has 28 heavy (non-hydrogen) atoms. The number of imidazole rings is 1. The van der Waals surface area contributed by atoms with E-state index in [0.29, 0.717) is 23.5 Å². The molecule has 4 N–H and O–H groups in total. The fourth-order valence-corrected chi connectivity index (χ4v) is 5.09. The molecule has 2 atom stereocenters. The molecule has 0 saturated heterocycles. The lowest BCUT2D eigenvalue weighted by molar-refractivity contribution is -0.0420. The quantitative estimate of drug-likeness (QED) is 0.617. The number of aliphatic hydroxyl groups excluding tert-OH is 2. The predicted octanol–water partition coefficient (Wildman–Crippen LogP) is 2.42. The molecule has 2 aromatic heterocycles. The minimum Gasteiger partial charge on any atom is -0.390 e. The number of aliphatic hydroxyl groups is 2. The van der Waals surface area contributed by atoms with E-state index in [-0.39, 0.29) is 23.1 Å². The first-order chi connectivity index (χ1) is 13.5. The van der Waals surface area contributed by atoms with E-state index in [4.69, 9.17) is 10.4 Å². The number of hydrogen-bond acceptors (Lipinski definition) is 7. The van der Waals surface area contributed by atoms with Crippen LogP contribution in [0.3, 0.4) is 0 Å². The minimum atomic E-state index is -0.670. The summed E-state index contributed by atoms with van der Waals surface area (Å²) in [5.41, 5.74) is 7.34. The second-order valence-electron chi connectivity index (χ2n) is 8.08. The van der Waals surface area contributed by atoms with Crippen molar-refractivity contribution >= 4 is 16.9 Å². The van der Waals surface area contributed by atoms with Gasteiger partial charge in [0, 0.05) is 12.1 Å². The smallest absolute Gasteiger partial charge is 0.199 e. The van der Waals surface area contributed by atoms with Crippen LogP contribution in [0.4, 0.5) is 10.2 Å². The average Bonchev–Trinajstić information content (AvgIpc) is 3.35. The van der Waals surface area contributed by atoms with Crippen LogP contribution in [0.5, 0.6) is 0 Å². The standard InChI is InChI=1S/C19H22FN5O3/c20-10-1-2-13-12(9-10)22-18(15-17(21)24-28-23-15)25(13)11-3-6-19(7-4-11)8-5-14(26)16(19)27/h1-2,9,11,14,16,26-27H,3-8H2,(H2,21,24)/t11?,14-,16-,19?/m1/s1. The fourth-order valence-electron chi connectivity index (χ4n) is 5.09. The summed E-state index contributed by atoms with van der Waals surface area (Å²) >= 11 is 0. The van der Waals surface area contributed by atoms with Crippen molar-refractivity contribution in [1.82, 2.24) is 19.9 Å². The molecule has 0 amide bonds. The van der Waals surface area contributed by atoms with Gasteiger partial charge in [-0.2, -0.15) is 0 Å². The Bertz CT molecular complexity index is 1020. The highest BCUT2D eigenvalue weighted by atomic mass is 19.1. The van der Waals surface area contributed by atoms with Gasteiger partial charge in [-0.1, -0.05) is 0 Å². The van der Waals surface area contributed by atoms with Gasteiger partial charge in [0.1, 0.15) is 5.82 Å². The summed E-state index contributed by atoms with van der Waals surface area (Å²) in [5.74, 6) is 0.284. The van der Waals surface area contributed by atoms with Crippen LogP contribution in [0, 0.1) is 11.2 Å². The number of fused-ring (bicyclic) bond motifs is 1. The minimum absolute atomic E-state index is 0.0946. The lowest BCUT2D eigenvalue weighted by Gasteiger charge is -2.40. The molecule has 2 fully saturated rings. The molecule has 8 nitrogen and oxygen atoms in total. The molecule has 3 aromatic rings. The lowest BCUT2D eigenvalue weighted by atomic mass is 9.70. The van der Waals surface area contributed by atoms with Crippen molar-refractivity contribution in [3.8, 4) is 11.5 Å². The molecule has 0 unspecified atom stereocenters. The van der Waals surface area contributed by atoms with Crippen LogP contribution in [0.15, 0.2) is 22.8 Å². The van der Waals surface area contributed by atoms with Crippen LogP contribution in [0.1, 0.15) is 44.6 Å². The number of nitrogens with zero attached hydrogens (tertiary/aromatic N) is 4. The van der Waals surface area contributed by atoms with Crippen molar-refractivity contribution in [2.45, 2.75) is 56.8 Å². The van der Waals surface area contributed by atoms with Gasteiger partial charge in [-0.25, -0.2) is 14.0 Å². The summed E-state index contributed by atoms with van der Waals surface area (Å²) in [6, 6.07) is 4.61. The van der Waals surface area contributed by atoms with Crippen molar-refractivity contribution in [2.75, 3.05) is 5.73 Å². The van der Waals surface area contributed by atoms with Gasteiger partial charge in [0.25, 0.3) is 0 Å². The Kier molecular flexibility index (Phi) is 3.92. The molecule has 0 bridgehead atoms. The normalized spacial score (nSPS) is 30.5. The van der Waals surface area contributed by atoms with Crippen LogP contribution in [0.25, 0.3) is 22.6 Å². The summed E-state index contributed by atoms with van der Waals surface area (Å²) < 4.78 is 20.5. The van der Waals surface area contributed by atoms with E-state index in [0.717, 1.165) is 37.6 Å². The zero-order valence-corrected chi connectivity index (χ0v) is 15.3. The maximum absolute atomic E-state index is 13.7.